The van der Waals surface area contributed by atoms with Crippen LogP contribution in [0.3, 0.4) is 0 Å². The molecule has 4 rings (SSSR count). The molecule has 1 amide bonds. The van der Waals surface area contributed by atoms with Crippen LogP contribution in [-0.2, 0) is 22.6 Å². The lowest BCUT2D eigenvalue weighted by molar-refractivity contribution is -0.143. The van der Waals surface area contributed by atoms with Gasteiger partial charge in [0.15, 0.2) is 0 Å². The Bertz CT molecular complexity index is 1030. The van der Waals surface area contributed by atoms with E-state index in [0.29, 0.717) is 6.54 Å². The van der Waals surface area contributed by atoms with Gasteiger partial charge in [0.05, 0.1) is 12.5 Å². The number of benzene rings is 1. The van der Waals surface area contributed by atoms with E-state index in [1.807, 2.05) is 23.1 Å². The van der Waals surface area contributed by atoms with Crippen molar-refractivity contribution in [3.8, 4) is 0 Å². The maximum atomic E-state index is 13.2. The van der Waals surface area contributed by atoms with Crippen LogP contribution in [0.1, 0.15) is 56.7 Å². The second-order valence-electron chi connectivity index (χ2n) is 9.02. The van der Waals surface area contributed by atoms with Gasteiger partial charge in [-0.25, -0.2) is 0 Å². The minimum absolute atomic E-state index is 0.0631. The largest absolute Gasteiger partial charge is 0.481 e. The van der Waals surface area contributed by atoms with Crippen LogP contribution in [0.25, 0.3) is 10.9 Å². The summed E-state index contributed by atoms with van der Waals surface area (Å²) in [5, 5.41) is 21.4. The number of nitrogen functional groups attached to an aromatic ring is 1. The van der Waals surface area contributed by atoms with Gasteiger partial charge < -0.3 is 25.6 Å². The third kappa shape index (κ3) is 4.80. The van der Waals surface area contributed by atoms with E-state index in [1.165, 1.54) is 5.69 Å². The Hall–Kier alpha value is -2.87. The fraction of sp³-hybridized carbons (Fsp3) is 0.542. The van der Waals surface area contributed by atoms with Gasteiger partial charge in [-0.05, 0) is 63.0 Å². The highest BCUT2D eigenvalue weighted by molar-refractivity contribution is 5.98. The molecule has 8 heteroatoms. The smallest absolute Gasteiger partial charge is 0.305 e. The lowest BCUT2D eigenvalue weighted by atomic mass is 10.1. The monoisotopic (exact) mass is 439 g/mol. The van der Waals surface area contributed by atoms with Gasteiger partial charge in [-0.2, -0.15) is 0 Å². The lowest BCUT2D eigenvalue weighted by Gasteiger charge is -2.29. The minimum Gasteiger partial charge on any atom is -0.481 e. The second-order valence-corrected chi connectivity index (χ2v) is 9.02. The molecule has 2 aliphatic rings. The van der Waals surface area contributed by atoms with Gasteiger partial charge in [0.2, 0.25) is 5.91 Å². The van der Waals surface area contributed by atoms with Crippen molar-refractivity contribution in [3.05, 3.63) is 35.5 Å². The summed E-state index contributed by atoms with van der Waals surface area (Å²) in [6.07, 6.45) is 5.46. The van der Waals surface area contributed by atoms with Crippen LogP contribution >= 0.6 is 0 Å². The van der Waals surface area contributed by atoms with Crippen molar-refractivity contribution in [1.29, 1.82) is 5.41 Å². The summed E-state index contributed by atoms with van der Waals surface area (Å²) in [6, 6.07) is 7.82. The molecule has 2 aromatic rings. The molecule has 2 atom stereocenters. The number of aryl methyl sites for hydroxylation is 2. The van der Waals surface area contributed by atoms with E-state index in [0.717, 1.165) is 61.5 Å². The van der Waals surface area contributed by atoms with Gasteiger partial charge >= 0.3 is 5.97 Å². The first-order chi connectivity index (χ1) is 15.4. The van der Waals surface area contributed by atoms with Crippen LogP contribution in [0, 0.1) is 5.41 Å². The number of carboxylic acid groups (broad SMARTS) is 1. The van der Waals surface area contributed by atoms with Gasteiger partial charge in [-0.3, -0.25) is 15.0 Å². The van der Waals surface area contributed by atoms with Crippen LogP contribution in [0.15, 0.2) is 24.3 Å². The van der Waals surface area contributed by atoms with Gasteiger partial charge in [-0.1, -0.05) is 12.1 Å². The topological polar surface area (TPSA) is 124 Å². The number of carboxylic acids is 1. The molecule has 2 unspecified atom stereocenters. The van der Waals surface area contributed by atoms with Crippen molar-refractivity contribution in [3.63, 3.8) is 0 Å². The van der Waals surface area contributed by atoms with E-state index in [-0.39, 0.29) is 30.2 Å². The molecule has 2 fully saturated rings. The number of nitrogens with two attached hydrogens (primary N) is 1. The van der Waals surface area contributed by atoms with Crippen molar-refractivity contribution in [2.45, 2.75) is 76.5 Å². The number of amidine groups is 1. The van der Waals surface area contributed by atoms with Crippen molar-refractivity contribution in [2.24, 2.45) is 5.73 Å². The molecule has 0 spiro atoms. The summed E-state index contributed by atoms with van der Waals surface area (Å²) in [5.41, 5.74) is 8.67. The molecule has 1 aromatic carbocycles. The standard InChI is InChI=1S/C24H33N5O3/c1-2-28-19(12-15-5-6-16(23(25)26)13-21(15)28)10-9-18-4-3-11-29(18)24(32)20(14-22(30)31)27-17-7-8-17/h5-6,12-13,17-18,20,27H,2-4,7-11,14H2,1H3,(H3,25,26)(H,30,31). The molecule has 1 saturated heterocycles. The van der Waals surface area contributed by atoms with E-state index < -0.39 is 12.0 Å². The van der Waals surface area contributed by atoms with Crippen LogP contribution in [0.5, 0.6) is 0 Å². The molecule has 32 heavy (non-hydrogen) atoms. The third-order valence-corrected chi connectivity index (χ3v) is 6.70. The number of rotatable bonds is 10. The first kappa shape index (κ1) is 22.3. The van der Waals surface area contributed by atoms with Crippen LogP contribution in [0.2, 0.25) is 0 Å². The van der Waals surface area contributed by atoms with Gasteiger partial charge in [0.25, 0.3) is 0 Å². The molecular formula is C24H33N5O3. The minimum atomic E-state index is -0.940. The molecule has 0 bridgehead atoms. The van der Waals surface area contributed by atoms with Crippen molar-refractivity contribution >= 4 is 28.6 Å². The number of amides is 1. The maximum absolute atomic E-state index is 13.2. The summed E-state index contributed by atoms with van der Waals surface area (Å²) < 4.78 is 2.25. The van der Waals surface area contributed by atoms with E-state index in [1.54, 1.807) is 0 Å². The molecule has 0 radical (unpaired) electrons. The highest BCUT2D eigenvalue weighted by Crippen LogP contribution is 2.27. The van der Waals surface area contributed by atoms with E-state index >= 15 is 0 Å². The molecule has 5 N–H and O–H groups in total. The van der Waals surface area contributed by atoms with Crippen LogP contribution in [-0.4, -0.2) is 57.0 Å². The number of aromatic nitrogens is 1. The quantitative estimate of drug-likeness (QED) is 0.334. The van der Waals surface area contributed by atoms with Gasteiger partial charge in [0, 0.05) is 41.9 Å². The summed E-state index contributed by atoms with van der Waals surface area (Å²) >= 11 is 0. The number of hydrogen-bond acceptors (Lipinski definition) is 4. The Kier molecular flexibility index (Phi) is 6.50. The van der Waals surface area contributed by atoms with Crippen LogP contribution in [0.4, 0.5) is 0 Å². The third-order valence-electron chi connectivity index (χ3n) is 6.70. The zero-order chi connectivity index (χ0) is 22.8. The Morgan fingerprint density at radius 1 is 1.28 bits per heavy atom. The normalized spacial score (nSPS) is 19.4. The highest BCUT2D eigenvalue weighted by atomic mass is 16.4. The summed E-state index contributed by atoms with van der Waals surface area (Å²) in [4.78, 5) is 26.4. The fourth-order valence-electron chi connectivity index (χ4n) is 4.93. The number of fused-ring (bicyclic) bond motifs is 1. The molecule has 1 aromatic heterocycles. The number of aliphatic carboxylic acids is 1. The predicted molar refractivity (Wildman–Crippen MR) is 124 cm³/mol. The number of nitrogens with one attached hydrogen (secondary N) is 2. The Morgan fingerprint density at radius 3 is 2.72 bits per heavy atom. The summed E-state index contributed by atoms with van der Waals surface area (Å²) in [7, 11) is 0. The number of carbonyl (C=O) groups excluding carboxylic acids is 1. The Labute approximate surface area is 188 Å². The average molecular weight is 440 g/mol. The van der Waals surface area contributed by atoms with Gasteiger partial charge in [0.1, 0.15) is 5.84 Å². The van der Waals surface area contributed by atoms with E-state index in [2.05, 4.69) is 22.9 Å². The molecule has 172 valence electrons. The lowest BCUT2D eigenvalue weighted by Crippen LogP contribution is -2.50. The van der Waals surface area contributed by atoms with Crippen molar-refractivity contribution < 1.29 is 14.7 Å². The fourth-order valence-corrected chi connectivity index (χ4v) is 4.93. The molecule has 1 aliphatic carbocycles. The molecular weight excluding hydrogens is 406 g/mol. The van der Waals surface area contributed by atoms with Crippen LogP contribution < -0.4 is 11.1 Å². The summed E-state index contributed by atoms with van der Waals surface area (Å²) in [5.74, 6) is -0.943. The number of likely N-dealkylation sites (tertiary alicyclic amines) is 1. The number of carbonyl (C=O) groups is 2. The Balaban J connectivity index is 1.47. The molecule has 8 nitrogen and oxygen atoms in total. The Morgan fingerprint density at radius 2 is 2.06 bits per heavy atom. The van der Waals surface area contributed by atoms with Gasteiger partial charge in [-0.15, -0.1) is 0 Å². The predicted octanol–water partition coefficient (Wildman–Crippen LogP) is 2.46. The van der Waals surface area contributed by atoms with Crippen molar-refractivity contribution in [2.75, 3.05) is 6.54 Å². The molecule has 1 aliphatic heterocycles. The highest BCUT2D eigenvalue weighted by Gasteiger charge is 2.36. The van der Waals surface area contributed by atoms with E-state index in [9.17, 15) is 14.7 Å². The zero-order valence-electron chi connectivity index (χ0n) is 18.6. The first-order valence-corrected chi connectivity index (χ1v) is 11.6. The SMILES string of the molecule is CCn1c(CCC2CCCN2C(=O)C(CC(=O)O)NC2CC2)cc2ccc(C(=N)N)cc21. The van der Waals surface area contributed by atoms with Crippen molar-refractivity contribution in [1.82, 2.24) is 14.8 Å². The average Bonchev–Trinajstić information content (AvgIpc) is 3.33. The van der Waals surface area contributed by atoms with E-state index in [4.69, 9.17) is 11.1 Å². The summed E-state index contributed by atoms with van der Waals surface area (Å²) in [6.45, 7) is 3.62. The number of nitrogens with zero attached hydrogens (tertiary/aromatic N) is 2. The molecule has 1 saturated carbocycles. The zero-order valence-corrected chi connectivity index (χ0v) is 18.6. The maximum Gasteiger partial charge on any atom is 0.305 e. The first-order valence-electron chi connectivity index (χ1n) is 11.6. The second kappa shape index (κ2) is 9.32. The number of hydrogen-bond donors (Lipinski definition) is 4. The molecule has 2 heterocycles.